The summed E-state index contributed by atoms with van der Waals surface area (Å²) < 4.78 is 0. The molecule has 4 saturated heterocycles. The van der Waals surface area contributed by atoms with Gasteiger partial charge < -0.3 is 32.1 Å². The number of unbranched alkanes of at least 4 members (excludes halogenated alkanes) is 20. The first-order valence-corrected chi connectivity index (χ1v) is 26.1. The molecule has 63 heavy (non-hydrogen) atoms. The molecular weight excluding hydrogens is 910 g/mol. The van der Waals surface area contributed by atoms with Gasteiger partial charge in [-0.3, -0.25) is 0 Å². The molecule has 0 aromatic carbocycles. The average molecular weight is 996 g/mol. The van der Waals surface area contributed by atoms with Crippen molar-refractivity contribution in [3.8, 4) is 0 Å². The standard InChI is InChI=1S/C36H70N2.C12H16N4O2.2CNS.Ru/c1-3-5-7-9-11-13-15-17-19-21-23-25-33-27-29-37-35(31-33)36-32-34(28-30-38-36)26-24-22-20-18-16-14-12-10-8-6-4-2;17-7-15-9-1-3-13-11(5-9)12-6-10(16-8-18)2-4-14-12;2*2-1-3;/h33-36H,3-32H2,1-2H3;9-12H,1-6H2;;;/q2*-2;2*-1;+6. The molecule has 0 aromatic heterocycles. The van der Waals surface area contributed by atoms with Gasteiger partial charge in [-0.15, -0.1) is 26.2 Å². The number of hydrogen-bond donors (Lipinski definition) is 0. The van der Waals surface area contributed by atoms with Crippen LogP contribution in [0.4, 0.5) is 0 Å². The summed E-state index contributed by atoms with van der Waals surface area (Å²) in [4.78, 5) is 28.2. The molecule has 4 rings (SSSR count). The van der Waals surface area contributed by atoms with Crippen LogP contribution in [0.15, 0.2) is 9.98 Å². The number of rotatable bonds is 28. The van der Waals surface area contributed by atoms with Crippen molar-refractivity contribution in [2.75, 3.05) is 26.2 Å². The maximum Gasteiger partial charge on any atom is 6.00 e. The van der Waals surface area contributed by atoms with Gasteiger partial charge in [-0.2, -0.15) is 34.5 Å². The zero-order valence-electron chi connectivity index (χ0n) is 39.6. The number of piperidine rings is 4. The molecule has 0 radical (unpaired) electrons. The van der Waals surface area contributed by atoms with Crippen LogP contribution >= 0.6 is 24.4 Å². The Kier molecular flexibility index (Phi) is 45.1. The van der Waals surface area contributed by atoms with E-state index in [0.717, 1.165) is 50.6 Å². The second-order valence-corrected chi connectivity index (χ2v) is 18.7. The topological polar surface area (TPSA) is 160 Å². The Hall–Kier alpha value is -1.18. The third-order valence-electron chi connectivity index (χ3n) is 13.4. The first-order chi connectivity index (χ1) is 30.5. The van der Waals surface area contributed by atoms with Gasteiger partial charge in [-0.05, 0) is 37.5 Å². The van der Waals surface area contributed by atoms with E-state index in [-0.39, 0.29) is 43.6 Å². The number of isothiocyanates is 2. The van der Waals surface area contributed by atoms with Crippen LogP contribution in [-0.2, 0) is 29.1 Å². The van der Waals surface area contributed by atoms with Gasteiger partial charge in [0.2, 0.25) is 12.2 Å². The number of carbonyl (C=O) groups excluding carboxylic acids is 2. The van der Waals surface area contributed by atoms with E-state index >= 15 is 0 Å². The van der Waals surface area contributed by atoms with Crippen LogP contribution in [0.25, 0.3) is 32.1 Å². The minimum absolute atomic E-state index is 0. The summed E-state index contributed by atoms with van der Waals surface area (Å²) in [6.07, 6.45) is 46.7. The Morgan fingerprint density at radius 3 is 0.984 bits per heavy atom. The number of thiocarbonyl (C=S) groups is 2. The Labute approximate surface area is 409 Å². The smallest absolute Gasteiger partial charge is 0.753 e. The van der Waals surface area contributed by atoms with Crippen LogP contribution in [0.2, 0.25) is 0 Å². The molecule has 4 fully saturated rings. The fourth-order valence-corrected chi connectivity index (χ4v) is 9.85. The van der Waals surface area contributed by atoms with Crippen molar-refractivity contribution in [1.29, 1.82) is 0 Å². The molecule has 358 valence electrons. The van der Waals surface area contributed by atoms with Crippen molar-refractivity contribution >= 4 is 46.9 Å². The Morgan fingerprint density at radius 1 is 0.444 bits per heavy atom. The van der Waals surface area contributed by atoms with E-state index in [1.54, 1.807) is 12.2 Å². The second-order valence-electron chi connectivity index (χ2n) is 18.3. The molecule has 8 unspecified atom stereocenters. The van der Waals surface area contributed by atoms with Gasteiger partial charge in [-0.1, -0.05) is 218 Å². The SMILES string of the molecule is CCCCCCCCCCCCCC1CC[N-]C(C2CC(CCCCCCCCCCCCC)CC[N-]2)C1.O=C=NC1CC[N-]C(C2CC(N=C=O)CC[N-]2)C1.[N-]=C=S.[N-]=C=S.[Ru+6]. The normalized spacial score (nSPS) is 25.2. The third-order valence-corrected chi connectivity index (χ3v) is 13.4. The van der Waals surface area contributed by atoms with E-state index in [0.29, 0.717) is 25.2 Å². The molecule has 0 bridgehead atoms. The van der Waals surface area contributed by atoms with Crippen LogP contribution < -0.4 is 0 Å². The number of aliphatic imine (C=N–C) groups is 2. The van der Waals surface area contributed by atoms with Crippen LogP contribution in [0.5, 0.6) is 0 Å². The zero-order valence-corrected chi connectivity index (χ0v) is 43.0. The summed E-state index contributed by atoms with van der Waals surface area (Å²) in [6, 6.07) is 1.37. The first-order valence-electron chi connectivity index (χ1n) is 25.3. The minimum atomic E-state index is 0. The van der Waals surface area contributed by atoms with E-state index in [1.165, 1.54) is 190 Å². The first kappa shape index (κ1) is 61.8. The Balaban J connectivity index is 0.00000127. The summed E-state index contributed by atoms with van der Waals surface area (Å²) in [6.45, 7) is 8.28. The molecule has 0 N–H and O–H groups in total. The Bertz CT molecular complexity index is 1130. The number of nitrogens with zero attached hydrogens (tertiary/aromatic N) is 8. The van der Waals surface area contributed by atoms with Crippen molar-refractivity contribution in [2.24, 2.45) is 21.8 Å². The van der Waals surface area contributed by atoms with Crippen molar-refractivity contribution in [2.45, 2.75) is 256 Å². The summed E-state index contributed by atoms with van der Waals surface area (Å²) in [5.41, 5.74) is 0. The average Bonchev–Trinajstić information content (AvgIpc) is 3.29. The van der Waals surface area contributed by atoms with Crippen molar-refractivity contribution in [3.05, 3.63) is 32.1 Å². The van der Waals surface area contributed by atoms with E-state index < -0.39 is 0 Å². The Morgan fingerprint density at radius 2 is 0.698 bits per heavy atom. The molecule has 8 atom stereocenters. The molecule has 0 aliphatic carbocycles. The summed E-state index contributed by atoms with van der Waals surface area (Å²) in [5.74, 6) is 1.86. The molecule has 13 heteroatoms. The molecular formula is C50H86N8O2RuS2. The summed E-state index contributed by atoms with van der Waals surface area (Å²) in [7, 11) is 0. The largest absolute Gasteiger partial charge is 6.00 e. The predicted octanol–water partition coefficient (Wildman–Crippen LogP) is 15.5. The maximum absolute atomic E-state index is 10.3. The summed E-state index contributed by atoms with van der Waals surface area (Å²) >= 11 is 7.40. The van der Waals surface area contributed by atoms with Gasteiger partial charge >= 0.3 is 19.5 Å². The van der Waals surface area contributed by atoms with E-state index in [4.69, 9.17) is 21.5 Å². The van der Waals surface area contributed by atoms with Gasteiger partial charge in [0.1, 0.15) is 0 Å². The van der Waals surface area contributed by atoms with E-state index in [9.17, 15) is 9.59 Å². The quantitative estimate of drug-likeness (QED) is 0.0251. The van der Waals surface area contributed by atoms with Gasteiger partial charge in [0.25, 0.3) is 0 Å². The third kappa shape index (κ3) is 33.9. The molecule has 10 nitrogen and oxygen atoms in total. The van der Waals surface area contributed by atoms with Gasteiger partial charge in [0.05, 0.1) is 12.1 Å². The van der Waals surface area contributed by atoms with E-state index in [1.807, 2.05) is 0 Å². The fourth-order valence-electron chi connectivity index (χ4n) is 9.85. The second kappa shape index (κ2) is 46.0. The van der Waals surface area contributed by atoms with Crippen molar-refractivity contribution < 1.29 is 29.1 Å². The van der Waals surface area contributed by atoms with Crippen LogP contribution in [0.3, 0.4) is 0 Å². The van der Waals surface area contributed by atoms with E-state index in [2.05, 4.69) is 58.9 Å². The molecule has 0 amide bonds. The molecule has 4 heterocycles. The molecule has 0 spiro atoms. The molecule has 4 aliphatic heterocycles. The molecule has 0 aromatic rings. The van der Waals surface area contributed by atoms with Crippen molar-refractivity contribution in [1.82, 2.24) is 0 Å². The van der Waals surface area contributed by atoms with Crippen LogP contribution in [-0.4, -0.2) is 84.9 Å². The zero-order chi connectivity index (χ0) is 45.1. The summed E-state index contributed by atoms with van der Waals surface area (Å²) in [5, 5.41) is 36.3. The monoisotopic (exact) mass is 997 g/mol. The van der Waals surface area contributed by atoms with Crippen LogP contribution in [0, 0.1) is 11.8 Å². The maximum atomic E-state index is 10.3. The fraction of sp³-hybridized carbons (Fsp3) is 0.920. The van der Waals surface area contributed by atoms with Gasteiger partial charge in [-0.25, -0.2) is 19.6 Å². The van der Waals surface area contributed by atoms with Crippen molar-refractivity contribution in [3.63, 3.8) is 0 Å². The minimum Gasteiger partial charge on any atom is -0.753 e. The molecule has 0 saturated carbocycles. The number of hydrogen-bond acceptors (Lipinski definition) is 6. The van der Waals surface area contributed by atoms with Crippen LogP contribution in [0.1, 0.15) is 219 Å². The predicted molar refractivity (Wildman–Crippen MR) is 270 cm³/mol. The van der Waals surface area contributed by atoms with Gasteiger partial charge in [0.15, 0.2) is 0 Å². The number of isocyanates is 2. The van der Waals surface area contributed by atoms with Gasteiger partial charge in [0, 0.05) is 0 Å². The molecule has 4 aliphatic rings.